The quantitative estimate of drug-likeness (QED) is 0.180. The summed E-state index contributed by atoms with van der Waals surface area (Å²) in [6, 6.07) is 7.52. The van der Waals surface area contributed by atoms with E-state index in [1.165, 1.54) is 0 Å². The average Bonchev–Trinajstić information content (AvgIpc) is 2.76. The van der Waals surface area contributed by atoms with Crippen molar-refractivity contribution in [3.05, 3.63) is 42.0 Å². The largest absolute Gasteiger partial charge is 0.497 e. The van der Waals surface area contributed by atoms with Gasteiger partial charge >= 0.3 is 25.5 Å². The van der Waals surface area contributed by atoms with E-state index in [9.17, 15) is 18.9 Å². The Morgan fingerprint density at radius 1 is 1.03 bits per heavy atom. The molecule has 0 saturated carbocycles. The van der Waals surface area contributed by atoms with Crippen LogP contribution < -0.4 is 10.5 Å². The lowest BCUT2D eigenvalue weighted by Crippen LogP contribution is -2.17. The molecule has 0 saturated heterocycles. The molecule has 1 rings (SSSR count). The molecule has 1 aromatic carbocycles. The Hall–Kier alpha value is -2.72. The molecule has 0 aliphatic heterocycles. The molecular weight excluding hydrogens is 469 g/mol. The number of allylic oxidation sites excluding steroid dienone is 1. The maximum Gasteiger partial charge on any atom is 0.342 e. The van der Waals surface area contributed by atoms with Crippen LogP contribution in [0.1, 0.15) is 51.5 Å². The van der Waals surface area contributed by atoms with Gasteiger partial charge in [-0.3, -0.25) is 14.2 Å². The topological polar surface area (TPSA) is 205 Å². The van der Waals surface area contributed by atoms with Gasteiger partial charge in [0.25, 0.3) is 0 Å². The van der Waals surface area contributed by atoms with Gasteiger partial charge in [0.1, 0.15) is 11.5 Å². The Morgan fingerprint density at radius 3 is 1.91 bits per heavy atom. The molecule has 194 valence electrons. The van der Waals surface area contributed by atoms with Crippen molar-refractivity contribution in [3.63, 3.8) is 0 Å². The van der Waals surface area contributed by atoms with E-state index in [4.69, 9.17) is 35.6 Å². The summed E-state index contributed by atoms with van der Waals surface area (Å²) in [5, 5.41) is 25.1. The Balaban J connectivity index is 0. The standard InChI is InChI=1S/C11H12O3.C8H14O4.C3H10NO3P/c1-14-10-7-5-9(6-8-10)3-2-4-11(12)13;1-2-6(5-8(11)12)3-4-7(9)10;1-2-3(4)8(5,6)7/h2,4-8H,3H2,1H3,(H,12,13);6H,2-5H2,1H3,(H,9,10)(H,11,12);3H,2,4H2,1H3,(H2,5,6,7)/t;;3-/m..0/s1. The third kappa shape index (κ3) is 19.9. The number of ether oxygens (including phenoxy) is 1. The van der Waals surface area contributed by atoms with Crippen LogP contribution in [0.15, 0.2) is 36.4 Å². The zero-order chi connectivity index (χ0) is 26.7. The maximum absolute atomic E-state index is 10.3. The summed E-state index contributed by atoms with van der Waals surface area (Å²) < 4.78 is 15.1. The van der Waals surface area contributed by atoms with Crippen LogP contribution in [0.25, 0.3) is 0 Å². The normalized spacial score (nSPS) is 12.4. The Morgan fingerprint density at radius 2 is 1.59 bits per heavy atom. The summed E-state index contributed by atoms with van der Waals surface area (Å²) in [4.78, 5) is 47.2. The molecule has 1 unspecified atom stereocenters. The minimum Gasteiger partial charge on any atom is -0.497 e. The third-order valence-corrected chi connectivity index (χ3v) is 5.66. The highest BCUT2D eigenvalue weighted by Crippen LogP contribution is 2.39. The molecule has 11 nitrogen and oxygen atoms in total. The first kappa shape index (κ1) is 33.5. The monoisotopic (exact) mass is 505 g/mol. The molecule has 0 spiro atoms. The summed E-state index contributed by atoms with van der Waals surface area (Å²) in [6.07, 6.45) is 5.00. The van der Waals surface area contributed by atoms with E-state index in [1.54, 1.807) is 20.1 Å². The molecule has 1 aromatic rings. The number of carbonyl (C=O) groups is 3. The van der Waals surface area contributed by atoms with E-state index in [-0.39, 0.29) is 18.8 Å². The first-order valence-electron chi connectivity index (χ1n) is 10.5. The van der Waals surface area contributed by atoms with Crippen LogP contribution in [0, 0.1) is 5.92 Å². The van der Waals surface area contributed by atoms with E-state index in [0.717, 1.165) is 23.8 Å². The number of hydrogen-bond acceptors (Lipinski definition) is 6. The molecule has 0 bridgehead atoms. The van der Waals surface area contributed by atoms with Crippen LogP contribution in [0.3, 0.4) is 0 Å². The number of methoxy groups -OCH3 is 1. The van der Waals surface area contributed by atoms with Crippen LogP contribution in [0.4, 0.5) is 0 Å². The smallest absolute Gasteiger partial charge is 0.342 e. The SMILES string of the molecule is CCC(CCC(=O)O)CC(=O)O.CC[C@@H](N)P(=O)(O)O.COc1ccc(CC=CC(=O)O)cc1. The fourth-order valence-corrected chi connectivity index (χ4v) is 2.80. The van der Waals surface area contributed by atoms with Crippen molar-refractivity contribution in [2.75, 3.05) is 7.11 Å². The summed E-state index contributed by atoms with van der Waals surface area (Å²) in [7, 11) is -2.37. The predicted octanol–water partition coefficient (Wildman–Crippen LogP) is 3.09. The zero-order valence-electron chi connectivity index (χ0n) is 19.7. The van der Waals surface area contributed by atoms with E-state index < -0.39 is 31.3 Å². The van der Waals surface area contributed by atoms with Crippen LogP contribution in [-0.4, -0.2) is 55.9 Å². The fourth-order valence-electron chi connectivity index (χ4n) is 2.32. The highest BCUT2D eigenvalue weighted by Gasteiger charge is 2.21. The lowest BCUT2D eigenvalue weighted by atomic mass is 9.97. The van der Waals surface area contributed by atoms with E-state index in [0.29, 0.717) is 19.3 Å². The van der Waals surface area contributed by atoms with Gasteiger partial charge in [-0.05, 0) is 42.9 Å². The van der Waals surface area contributed by atoms with Gasteiger partial charge in [0.15, 0.2) is 0 Å². The number of benzene rings is 1. The van der Waals surface area contributed by atoms with Crippen molar-refractivity contribution < 1.29 is 48.8 Å². The van der Waals surface area contributed by atoms with Crippen molar-refractivity contribution in [2.45, 2.75) is 58.2 Å². The van der Waals surface area contributed by atoms with Gasteiger partial charge in [0.2, 0.25) is 0 Å². The minimum absolute atomic E-state index is 0.00130. The van der Waals surface area contributed by atoms with Crippen molar-refractivity contribution in [2.24, 2.45) is 11.7 Å². The number of carboxylic acid groups (broad SMARTS) is 3. The second-order valence-electron chi connectivity index (χ2n) is 7.16. The van der Waals surface area contributed by atoms with Crippen LogP contribution in [-0.2, 0) is 25.4 Å². The van der Waals surface area contributed by atoms with E-state index in [2.05, 4.69) is 0 Å². The number of hydrogen-bond donors (Lipinski definition) is 6. The summed E-state index contributed by atoms with van der Waals surface area (Å²) in [6.45, 7) is 3.50. The zero-order valence-corrected chi connectivity index (χ0v) is 20.6. The minimum atomic E-state index is -3.98. The van der Waals surface area contributed by atoms with Crippen LogP contribution >= 0.6 is 7.60 Å². The molecule has 12 heteroatoms. The van der Waals surface area contributed by atoms with Crippen molar-refractivity contribution in [1.29, 1.82) is 0 Å². The molecule has 0 aromatic heterocycles. The molecule has 0 radical (unpaired) electrons. The van der Waals surface area contributed by atoms with E-state index >= 15 is 0 Å². The Labute approximate surface area is 199 Å². The van der Waals surface area contributed by atoms with Crippen molar-refractivity contribution in [1.82, 2.24) is 0 Å². The number of carboxylic acids is 3. The number of aliphatic carboxylic acids is 3. The van der Waals surface area contributed by atoms with Crippen LogP contribution in [0.5, 0.6) is 5.75 Å². The first-order chi connectivity index (χ1) is 15.8. The summed E-state index contributed by atoms with van der Waals surface area (Å²) in [5.41, 5.74) is 6.05. The molecular formula is C22H36NO10P. The van der Waals surface area contributed by atoms with Gasteiger partial charge in [-0.15, -0.1) is 0 Å². The summed E-state index contributed by atoms with van der Waals surface area (Å²) >= 11 is 0. The molecule has 7 N–H and O–H groups in total. The van der Waals surface area contributed by atoms with Gasteiger partial charge < -0.3 is 35.6 Å². The maximum atomic E-state index is 10.3. The van der Waals surface area contributed by atoms with Gasteiger partial charge in [0, 0.05) is 18.9 Å². The van der Waals surface area contributed by atoms with Gasteiger partial charge in [-0.1, -0.05) is 38.5 Å². The van der Waals surface area contributed by atoms with Crippen molar-refractivity contribution in [3.8, 4) is 5.75 Å². The molecule has 0 heterocycles. The molecule has 2 atom stereocenters. The van der Waals surface area contributed by atoms with E-state index in [1.807, 2.05) is 31.2 Å². The lowest BCUT2D eigenvalue weighted by molar-refractivity contribution is -0.140. The first-order valence-corrected chi connectivity index (χ1v) is 12.2. The second-order valence-corrected chi connectivity index (χ2v) is 9.00. The molecule has 0 aliphatic rings. The second kappa shape index (κ2) is 18.7. The van der Waals surface area contributed by atoms with Gasteiger partial charge in [-0.25, -0.2) is 4.79 Å². The number of nitrogens with two attached hydrogens (primary N) is 1. The average molecular weight is 506 g/mol. The molecule has 0 aliphatic carbocycles. The lowest BCUT2D eigenvalue weighted by Gasteiger charge is -2.09. The molecule has 0 fully saturated rings. The third-order valence-electron chi connectivity index (χ3n) is 4.43. The van der Waals surface area contributed by atoms with Crippen molar-refractivity contribution >= 4 is 25.5 Å². The molecule has 34 heavy (non-hydrogen) atoms. The predicted molar refractivity (Wildman–Crippen MR) is 127 cm³/mol. The fraction of sp³-hybridized carbons (Fsp3) is 0.500. The highest BCUT2D eigenvalue weighted by atomic mass is 31.2. The van der Waals surface area contributed by atoms with Crippen LogP contribution in [0.2, 0.25) is 0 Å². The number of rotatable bonds is 12. The Kier molecular flexibility index (Phi) is 18.4. The summed E-state index contributed by atoms with van der Waals surface area (Å²) in [5.74, 6) is -2.82. The van der Waals surface area contributed by atoms with Gasteiger partial charge in [-0.2, -0.15) is 0 Å². The Bertz CT molecular complexity index is 804. The highest BCUT2D eigenvalue weighted by molar-refractivity contribution is 7.52. The van der Waals surface area contributed by atoms with Gasteiger partial charge in [0.05, 0.1) is 7.11 Å². The molecule has 0 amide bonds.